The number of rotatable bonds is 3. The third-order valence-electron chi connectivity index (χ3n) is 3.10. The molecule has 1 fully saturated rings. The SMILES string of the molecule is O=C(O)C1(Cc2ccccc2F)CCCN1. The summed E-state index contributed by atoms with van der Waals surface area (Å²) in [4.78, 5) is 11.3. The molecule has 2 rings (SSSR count). The van der Waals surface area contributed by atoms with E-state index in [0.717, 1.165) is 6.42 Å². The standard InChI is InChI=1S/C12H14FNO2/c13-10-5-2-1-4-9(10)8-12(11(15)16)6-3-7-14-12/h1-2,4-5,14H,3,6-8H2,(H,15,16). The molecule has 0 radical (unpaired) electrons. The van der Waals surface area contributed by atoms with Crippen LogP contribution < -0.4 is 5.32 Å². The van der Waals surface area contributed by atoms with Gasteiger partial charge in [0.15, 0.2) is 0 Å². The van der Waals surface area contributed by atoms with Crippen molar-refractivity contribution >= 4 is 5.97 Å². The Bertz CT molecular complexity index is 400. The molecule has 1 saturated heterocycles. The number of carbonyl (C=O) groups is 1. The van der Waals surface area contributed by atoms with E-state index in [1.54, 1.807) is 18.2 Å². The first-order valence-electron chi connectivity index (χ1n) is 5.36. The zero-order valence-electron chi connectivity index (χ0n) is 8.87. The molecule has 1 aliphatic rings. The molecule has 0 bridgehead atoms. The summed E-state index contributed by atoms with van der Waals surface area (Å²) in [5.41, 5.74) is -0.526. The van der Waals surface area contributed by atoms with E-state index in [1.165, 1.54) is 6.07 Å². The van der Waals surface area contributed by atoms with Crippen LogP contribution >= 0.6 is 0 Å². The number of hydrogen-bond acceptors (Lipinski definition) is 2. The maximum absolute atomic E-state index is 13.5. The summed E-state index contributed by atoms with van der Waals surface area (Å²) in [7, 11) is 0. The van der Waals surface area contributed by atoms with E-state index in [4.69, 9.17) is 0 Å². The molecule has 0 aromatic heterocycles. The van der Waals surface area contributed by atoms with Gasteiger partial charge in [-0.15, -0.1) is 0 Å². The predicted octanol–water partition coefficient (Wildman–Crippen LogP) is 1.57. The highest BCUT2D eigenvalue weighted by Crippen LogP contribution is 2.25. The molecule has 86 valence electrons. The van der Waals surface area contributed by atoms with Crippen molar-refractivity contribution in [2.24, 2.45) is 0 Å². The van der Waals surface area contributed by atoms with Crippen LogP contribution in [0.25, 0.3) is 0 Å². The van der Waals surface area contributed by atoms with Crippen LogP contribution in [-0.2, 0) is 11.2 Å². The number of aliphatic carboxylic acids is 1. The van der Waals surface area contributed by atoms with E-state index in [-0.39, 0.29) is 12.2 Å². The summed E-state index contributed by atoms with van der Waals surface area (Å²) in [5, 5.41) is 12.2. The molecule has 1 aliphatic heterocycles. The van der Waals surface area contributed by atoms with Crippen molar-refractivity contribution in [3.8, 4) is 0 Å². The zero-order chi connectivity index (χ0) is 11.6. The third-order valence-corrected chi connectivity index (χ3v) is 3.10. The third kappa shape index (κ3) is 1.93. The summed E-state index contributed by atoms with van der Waals surface area (Å²) >= 11 is 0. The number of nitrogens with one attached hydrogen (secondary N) is 1. The summed E-state index contributed by atoms with van der Waals surface area (Å²) in [5.74, 6) is -1.23. The highest BCUT2D eigenvalue weighted by atomic mass is 19.1. The van der Waals surface area contributed by atoms with Crippen LogP contribution in [0.4, 0.5) is 4.39 Å². The lowest BCUT2D eigenvalue weighted by Gasteiger charge is -2.24. The maximum Gasteiger partial charge on any atom is 0.324 e. The molecular formula is C12H14FNO2. The number of hydrogen-bond donors (Lipinski definition) is 2. The molecule has 1 aromatic rings. The summed E-state index contributed by atoms with van der Waals surface area (Å²) in [6, 6.07) is 6.33. The van der Waals surface area contributed by atoms with Gasteiger partial charge in [0.2, 0.25) is 0 Å². The largest absolute Gasteiger partial charge is 0.480 e. The Kier molecular flexibility index (Phi) is 2.92. The van der Waals surface area contributed by atoms with Gasteiger partial charge in [-0.25, -0.2) is 4.39 Å². The Balaban J connectivity index is 2.25. The minimum atomic E-state index is -0.984. The van der Waals surface area contributed by atoms with Gasteiger partial charge < -0.3 is 10.4 Å². The first-order chi connectivity index (χ1) is 7.64. The minimum Gasteiger partial charge on any atom is -0.480 e. The molecule has 3 nitrogen and oxygen atoms in total. The first-order valence-corrected chi connectivity index (χ1v) is 5.36. The van der Waals surface area contributed by atoms with E-state index in [2.05, 4.69) is 5.32 Å². The summed E-state index contributed by atoms with van der Waals surface area (Å²) < 4.78 is 13.5. The Morgan fingerprint density at radius 1 is 1.50 bits per heavy atom. The number of carboxylic acid groups (broad SMARTS) is 1. The van der Waals surface area contributed by atoms with Crippen molar-refractivity contribution in [3.63, 3.8) is 0 Å². The number of carboxylic acids is 1. The maximum atomic E-state index is 13.5. The van der Waals surface area contributed by atoms with Crippen LogP contribution in [0.1, 0.15) is 18.4 Å². The fourth-order valence-electron chi connectivity index (χ4n) is 2.18. The molecule has 2 N–H and O–H groups in total. The van der Waals surface area contributed by atoms with Crippen LogP contribution in [0.2, 0.25) is 0 Å². The summed E-state index contributed by atoms with van der Waals surface area (Å²) in [6.45, 7) is 0.681. The normalized spacial score (nSPS) is 24.6. The predicted molar refractivity (Wildman–Crippen MR) is 57.7 cm³/mol. The van der Waals surface area contributed by atoms with Crippen LogP contribution in [0.5, 0.6) is 0 Å². The Morgan fingerprint density at radius 3 is 2.81 bits per heavy atom. The molecule has 1 unspecified atom stereocenters. The smallest absolute Gasteiger partial charge is 0.324 e. The van der Waals surface area contributed by atoms with Crippen LogP contribution in [0.15, 0.2) is 24.3 Å². The van der Waals surface area contributed by atoms with Crippen LogP contribution in [-0.4, -0.2) is 23.2 Å². The molecule has 0 aliphatic carbocycles. The van der Waals surface area contributed by atoms with E-state index in [0.29, 0.717) is 18.5 Å². The van der Waals surface area contributed by atoms with Crippen molar-refractivity contribution < 1.29 is 14.3 Å². The quantitative estimate of drug-likeness (QED) is 0.817. The highest BCUT2D eigenvalue weighted by molar-refractivity contribution is 5.79. The minimum absolute atomic E-state index is 0.203. The average molecular weight is 223 g/mol. The van der Waals surface area contributed by atoms with Crippen molar-refractivity contribution in [1.29, 1.82) is 0 Å². The fraction of sp³-hybridized carbons (Fsp3) is 0.417. The average Bonchev–Trinajstić information content (AvgIpc) is 2.71. The number of halogens is 1. The van der Waals surface area contributed by atoms with E-state index in [1.807, 2.05) is 0 Å². The fourth-order valence-corrected chi connectivity index (χ4v) is 2.18. The first kappa shape index (κ1) is 11.1. The lowest BCUT2D eigenvalue weighted by atomic mass is 9.89. The lowest BCUT2D eigenvalue weighted by Crippen LogP contribution is -2.49. The molecule has 1 heterocycles. The van der Waals surface area contributed by atoms with Gasteiger partial charge in [0.1, 0.15) is 11.4 Å². The van der Waals surface area contributed by atoms with E-state index >= 15 is 0 Å². The van der Waals surface area contributed by atoms with Gasteiger partial charge in [-0.05, 0) is 31.0 Å². The van der Waals surface area contributed by atoms with Crippen molar-refractivity contribution in [2.75, 3.05) is 6.54 Å². The Hall–Kier alpha value is -1.42. The molecule has 0 spiro atoms. The lowest BCUT2D eigenvalue weighted by molar-refractivity contribution is -0.144. The molecule has 4 heteroatoms. The summed E-state index contributed by atoms with van der Waals surface area (Å²) in [6.07, 6.45) is 1.58. The molecule has 0 saturated carbocycles. The molecule has 1 atom stereocenters. The van der Waals surface area contributed by atoms with Gasteiger partial charge in [0, 0.05) is 6.42 Å². The zero-order valence-corrected chi connectivity index (χ0v) is 8.87. The second-order valence-corrected chi connectivity index (χ2v) is 4.19. The van der Waals surface area contributed by atoms with E-state index < -0.39 is 11.5 Å². The van der Waals surface area contributed by atoms with Gasteiger partial charge >= 0.3 is 5.97 Å². The van der Waals surface area contributed by atoms with Crippen molar-refractivity contribution in [2.45, 2.75) is 24.8 Å². The van der Waals surface area contributed by atoms with Gasteiger partial charge in [-0.3, -0.25) is 4.79 Å². The van der Waals surface area contributed by atoms with Crippen LogP contribution in [0.3, 0.4) is 0 Å². The highest BCUT2D eigenvalue weighted by Gasteiger charge is 2.41. The van der Waals surface area contributed by atoms with Crippen molar-refractivity contribution in [1.82, 2.24) is 5.32 Å². The molecule has 16 heavy (non-hydrogen) atoms. The van der Waals surface area contributed by atoms with Gasteiger partial charge in [-0.2, -0.15) is 0 Å². The topological polar surface area (TPSA) is 49.3 Å². The number of benzene rings is 1. The Labute approximate surface area is 93.3 Å². The van der Waals surface area contributed by atoms with Gasteiger partial charge in [-0.1, -0.05) is 18.2 Å². The monoisotopic (exact) mass is 223 g/mol. The second-order valence-electron chi connectivity index (χ2n) is 4.19. The second kappa shape index (κ2) is 4.22. The van der Waals surface area contributed by atoms with Gasteiger partial charge in [0.05, 0.1) is 0 Å². The van der Waals surface area contributed by atoms with Crippen molar-refractivity contribution in [3.05, 3.63) is 35.6 Å². The van der Waals surface area contributed by atoms with Crippen LogP contribution in [0, 0.1) is 5.82 Å². The molecular weight excluding hydrogens is 209 g/mol. The van der Waals surface area contributed by atoms with E-state index in [9.17, 15) is 14.3 Å². The Morgan fingerprint density at radius 2 is 2.25 bits per heavy atom. The molecule has 0 amide bonds. The van der Waals surface area contributed by atoms with Gasteiger partial charge in [0.25, 0.3) is 0 Å². The molecule has 1 aromatic carbocycles.